The highest BCUT2D eigenvalue weighted by molar-refractivity contribution is 5.95. The van der Waals surface area contributed by atoms with Crippen LogP contribution in [0.3, 0.4) is 0 Å². The molecule has 0 saturated heterocycles. The Morgan fingerprint density at radius 2 is 1.76 bits per heavy atom. The van der Waals surface area contributed by atoms with Crippen molar-refractivity contribution < 1.29 is 20.4 Å². The van der Waals surface area contributed by atoms with Crippen molar-refractivity contribution in [1.29, 1.82) is 0 Å². The molecule has 1 aromatic heterocycles. The zero-order valence-electron chi connectivity index (χ0n) is 20.3. The van der Waals surface area contributed by atoms with Crippen LogP contribution in [-0.4, -0.2) is 31.7 Å². The number of carbonyl (C=O) groups excluding carboxylic acids is 1. The smallest absolute Gasteiger partial charge is 0.340 e. The number of aryl methyl sites for hydroxylation is 1. The second kappa shape index (κ2) is 12.6. The standard InChI is InChI=1S/C17H17NO2.C8H10N2O2.C2H6.H2/c1-2-12-3-5-16(9-17(12)20-7-1)18-15-6-4-13-10-19-11-14(13)8-15;1-9-7-5-10-4-3-6(7)8(11)12-2;1-2;/h3-6,8-9,18H,1-2,7,10-11H2;3-5,9H,1-2H3;1-2H3;1H. The maximum absolute atomic E-state index is 11.1. The molecule has 0 bridgehead atoms. The Hall–Kier alpha value is -3.58. The topological polar surface area (TPSA) is 81.7 Å². The fraction of sp³-hybridized carbons (Fsp3) is 0.333. The van der Waals surface area contributed by atoms with E-state index in [1.165, 1.54) is 23.8 Å². The van der Waals surface area contributed by atoms with E-state index in [0.717, 1.165) is 49.8 Å². The summed E-state index contributed by atoms with van der Waals surface area (Å²) in [6, 6.07) is 14.4. The summed E-state index contributed by atoms with van der Waals surface area (Å²) >= 11 is 0. The van der Waals surface area contributed by atoms with Crippen LogP contribution in [0.5, 0.6) is 5.75 Å². The third-order valence-electron chi connectivity index (χ3n) is 5.42. The first kappa shape index (κ1) is 25.1. The van der Waals surface area contributed by atoms with Crippen LogP contribution in [0.1, 0.15) is 48.7 Å². The lowest BCUT2D eigenvalue weighted by molar-refractivity contribution is 0.0601. The lowest BCUT2D eigenvalue weighted by atomic mass is 10.1. The summed E-state index contributed by atoms with van der Waals surface area (Å²) < 4.78 is 15.7. The maximum Gasteiger partial charge on any atom is 0.340 e. The first-order valence-corrected chi connectivity index (χ1v) is 11.6. The summed E-state index contributed by atoms with van der Waals surface area (Å²) in [5.41, 5.74) is 7.23. The number of hydrogen-bond donors (Lipinski definition) is 2. The number of esters is 1. The van der Waals surface area contributed by atoms with E-state index in [-0.39, 0.29) is 7.40 Å². The Bertz CT molecular complexity index is 1110. The number of aromatic nitrogens is 1. The van der Waals surface area contributed by atoms with Crippen LogP contribution in [0.2, 0.25) is 0 Å². The number of fused-ring (bicyclic) bond motifs is 2. The Morgan fingerprint density at radius 1 is 1.03 bits per heavy atom. The van der Waals surface area contributed by atoms with E-state index >= 15 is 0 Å². The van der Waals surface area contributed by atoms with Gasteiger partial charge in [0.15, 0.2) is 0 Å². The van der Waals surface area contributed by atoms with Gasteiger partial charge in [0.1, 0.15) is 5.75 Å². The average molecular weight is 466 g/mol. The van der Waals surface area contributed by atoms with Crippen molar-refractivity contribution >= 4 is 23.0 Å². The zero-order chi connectivity index (χ0) is 24.3. The van der Waals surface area contributed by atoms with Gasteiger partial charge in [-0.25, -0.2) is 4.79 Å². The molecule has 182 valence electrons. The van der Waals surface area contributed by atoms with E-state index in [0.29, 0.717) is 11.3 Å². The largest absolute Gasteiger partial charge is 0.493 e. The van der Waals surface area contributed by atoms with Gasteiger partial charge in [0.05, 0.1) is 44.4 Å². The Labute approximate surface area is 203 Å². The van der Waals surface area contributed by atoms with Gasteiger partial charge >= 0.3 is 5.97 Å². The fourth-order valence-corrected chi connectivity index (χ4v) is 3.72. The van der Waals surface area contributed by atoms with E-state index in [9.17, 15) is 4.79 Å². The van der Waals surface area contributed by atoms with E-state index < -0.39 is 0 Å². The molecule has 0 aliphatic carbocycles. The number of pyridine rings is 1. The van der Waals surface area contributed by atoms with Crippen LogP contribution in [0.15, 0.2) is 54.9 Å². The molecular weight excluding hydrogens is 430 g/mol. The van der Waals surface area contributed by atoms with E-state index in [1.54, 1.807) is 25.5 Å². The number of ether oxygens (including phenoxy) is 3. The third-order valence-corrected chi connectivity index (χ3v) is 5.42. The van der Waals surface area contributed by atoms with Gasteiger partial charge in [-0.05, 0) is 53.8 Å². The minimum atomic E-state index is -0.359. The highest BCUT2D eigenvalue weighted by atomic mass is 16.5. The Kier molecular flexibility index (Phi) is 9.29. The molecule has 0 amide bonds. The quantitative estimate of drug-likeness (QED) is 0.460. The van der Waals surface area contributed by atoms with Gasteiger partial charge in [-0.2, -0.15) is 0 Å². The van der Waals surface area contributed by atoms with Gasteiger partial charge in [0.25, 0.3) is 0 Å². The molecule has 0 atom stereocenters. The minimum absolute atomic E-state index is 0. The molecule has 7 heteroatoms. The summed E-state index contributed by atoms with van der Waals surface area (Å²) in [7, 11) is 3.08. The van der Waals surface area contributed by atoms with Crippen molar-refractivity contribution in [2.24, 2.45) is 0 Å². The molecule has 0 radical (unpaired) electrons. The highest BCUT2D eigenvalue weighted by Gasteiger charge is 2.13. The lowest BCUT2D eigenvalue weighted by Crippen LogP contribution is -2.08. The number of rotatable bonds is 4. The van der Waals surface area contributed by atoms with Crippen molar-refractivity contribution in [1.82, 2.24) is 4.98 Å². The SMILES string of the molecule is CC.CNc1cnccc1C(=O)OC.[HH].c1cc2c(cc1Nc1ccc3c(c1)OCCC3)COC2. The fourth-order valence-electron chi connectivity index (χ4n) is 3.72. The van der Waals surface area contributed by atoms with Crippen LogP contribution in [0, 0.1) is 0 Å². The second-order valence-electron chi connectivity index (χ2n) is 7.54. The average Bonchev–Trinajstić information content (AvgIpc) is 3.38. The van der Waals surface area contributed by atoms with E-state index in [1.807, 2.05) is 13.8 Å². The summed E-state index contributed by atoms with van der Waals surface area (Å²) in [6.45, 7) is 6.28. The molecule has 3 aromatic rings. The molecule has 2 aromatic carbocycles. The maximum atomic E-state index is 11.1. The number of nitrogens with one attached hydrogen (secondary N) is 2. The first-order valence-electron chi connectivity index (χ1n) is 11.6. The molecular formula is C27H35N3O4. The summed E-state index contributed by atoms with van der Waals surface area (Å²) in [5, 5.41) is 6.30. The number of anilines is 3. The summed E-state index contributed by atoms with van der Waals surface area (Å²) in [5.74, 6) is 0.660. The first-order chi connectivity index (χ1) is 16.7. The molecule has 5 rings (SSSR count). The van der Waals surface area contributed by atoms with Crippen LogP contribution in [0.25, 0.3) is 0 Å². The van der Waals surface area contributed by atoms with Crippen LogP contribution < -0.4 is 15.4 Å². The predicted molar refractivity (Wildman–Crippen MR) is 137 cm³/mol. The van der Waals surface area contributed by atoms with Gasteiger partial charge < -0.3 is 24.8 Å². The molecule has 34 heavy (non-hydrogen) atoms. The van der Waals surface area contributed by atoms with Crippen molar-refractivity contribution in [3.63, 3.8) is 0 Å². The highest BCUT2D eigenvalue weighted by Crippen LogP contribution is 2.30. The monoisotopic (exact) mass is 465 g/mol. The third kappa shape index (κ3) is 6.26. The normalized spacial score (nSPS) is 12.9. The van der Waals surface area contributed by atoms with E-state index in [4.69, 9.17) is 9.47 Å². The molecule has 2 N–H and O–H groups in total. The summed E-state index contributed by atoms with van der Waals surface area (Å²) in [4.78, 5) is 15.0. The molecule has 2 aliphatic heterocycles. The van der Waals surface area contributed by atoms with Crippen LogP contribution in [-0.2, 0) is 29.1 Å². The van der Waals surface area contributed by atoms with Gasteiger partial charge in [0, 0.05) is 32.1 Å². The van der Waals surface area contributed by atoms with Crippen molar-refractivity contribution in [2.45, 2.75) is 39.9 Å². The summed E-state index contributed by atoms with van der Waals surface area (Å²) in [6.07, 6.45) is 5.36. The molecule has 2 aliphatic rings. The molecule has 0 saturated carbocycles. The Balaban J connectivity index is 0.000000250. The van der Waals surface area contributed by atoms with Gasteiger partial charge in [-0.3, -0.25) is 4.98 Å². The minimum Gasteiger partial charge on any atom is -0.493 e. The number of carbonyl (C=O) groups is 1. The van der Waals surface area contributed by atoms with Crippen molar-refractivity contribution in [3.8, 4) is 5.75 Å². The zero-order valence-corrected chi connectivity index (χ0v) is 20.3. The molecule has 0 unspecified atom stereocenters. The number of benzene rings is 2. The van der Waals surface area contributed by atoms with Crippen molar-refractivity contribution in [3.05, 3.63) is 77.1 Å². The molecule has 0 fully saturated rings. The predicted octanol–water partition coefficient (Wildman–Crippen LogP) is 5.97. The van der Waals surface area contributed by atoms with Crippen LogP contribution >= 0.6 is 0 Å². The number of hydrogen-bond acceptors (Lipinski definition) is 7. The molecule has 7 nitrogen and oxygen atoms in total. The molecule has 0 spiro atoms. The van der Waals surface area contributed by atoms with Gasteiger partial charge in [0.2, 0.25) is 0 Å². The Morgan fingerprint density at radius 3 is 2.53 bits per heavy atom. The van der Waals surface area contributed by atoms with Gasteiger partial charge in [-0.15, -0.1) is 0 Å². The number of nitrogens with zero attached hydrogens (tertiary/aromatic N) is 1. The second-order valence-corrected chi connectivity index (χ2v) is 7.54. The molecule has 3 heterocycles. The van der Waals surface area contributed by atoms with E-state index in [2.05, 4.69) is 56.8 Å². The van der Waals surface area contributed by atoms with Crippen molar-refractivity contribution in [2.75, 3.05) is 31.4 Å². The van der Waals surface area contributed by atoms with Crippen LogP contribution in [0.4, 0.5) is 17.1 Å². The lowest BCUT2D eigenvalue weighted by Gasteiger charge is -2.18. The number of methoxy groups -OCH3 is 1. The van der Waals surface area contributed by atoms with Gasteiger partial charge in [-0.1, -0.05) is 26.0 Å².